The number of fused-ring (bicyclic) bond motifs is 4. The number of aryl methyl sites for hydroxylation is 1. The number of halogens is 3. The highest BCUT2D eigenvalue weighted by molar-refractivity contribution is 7.91. The Morgan fingerprint density at radius 2 is 1.88 bits per heavy atom. The molecule has 0 unspecified atom stereocenters. The summed E-state index contributed by atoms with van der Waals surface area (Å²) in [5, 5.41) is 0.217. The number of pyridine rings is 2. The molecule has 5 rings (SSSR count). The number of aromatic nitrogens is 5. The van der Waals surface area contributed by atoms with Gasteiger partial charge < -0.3 is 4.57 Å². The minimum Gasteiger partial charge on any atom is -0.325 e. The van der Waals surface area contributed by atoms with Gasteiger partial charge >= 0.3 is 6.18 Å². The van der Waals surface area contributed by atoms with E-state index in [0.717, 1.165) is 6.07 Å². The van der Waals surface area contributed by atoms with Crippen molar-refractivity contribution >= 4 is 37.4 Å². The first kappa shape index (κ1) is 20.4. The molecule has 5 aromatic rings. The van der Waals surface area contributed by atoms with Gasteiger partial charge in [-0.15, -0.1) is 0 Å². The van der Waals surface area contributed by atoms with Gasteiger partial charge in [-0.3, -0.25) is 9.38 Å². The lowest BCUT2D eigenvalue weighted by molar-refractivity contribution is -0.136. The van der Waals surface area contributed by atoms with E-state index < -0.39 is 21.6 Å². The molecule has 0 amide bonds. The Morgan fingerprint density at radius 3 is 2.59 bits per heavy atom. The lowest BCUT2D eigenvalue weighted by Gasteiger charge is -2.11. The molecule has 7 nitrogen and oxygen atoms in total. The fourth-order valence-corrected chi connectivity index (χ4v) is 5.09. The predicted molar refractivity (Wildman–Crippen MR) is 113 cm³/mol. The van der Waals surface area contributed by atoms with Crippen molar-refractivity contribution in [2.24, 2.45) is 7.05 Å². The molecule has 4 aromatic heterocycles. The van der Waals surface area contributed by atoms with E-state index >= 15 is 0 Å². The highest BCUT2D eigenvalue weighted by Gasteiger charge is 2.35. The van der Waals surface area contributed by atoms with Gasteiger partial charge in [0.15, 0.2) is 20.7 Å². The molecule has 32 heavy (non-hydrogen) atoms. The second-order valence-electron chi connectivity index (χ2n) is 7.28. The van der Waals surface area contributed by atoms with Gasteiger partial charge in [-0.25, -0.2) is 18.4 Å². The molecule has 0 aliphatic rings. The molecule has 11 heteroatoms. The summed E-state index contributed by atoms with van der Waals surface area (Å²) < 4.78 is 70.0. The fourth-order valence-electron chi connectivity index (χ4n) is 3.94. The second-order valence-corrected chi connectivity index (χ2v) is 9.47. The van der Waals surface area contributed by atoms with Crippen LogP contribution in [0.15, 0.2) is 53.8 Å². The largest absolute Gasteiger partial charge is 0.418 e. The first-order chi connectivity index (χ1) is 15.1. The molecule has 0 aliphatic heterocycles. The highest BCUT2D eigenvalue weighted by atomic mass is 32.2. The molecule has 0 saturated heterocycles. The van der Waals surface area contributed by atoms with Crippen LogP contribution in [0.1, 0.15) is 12.5 Å². The molecule has 0 fully saturated rings. The normalized spacial score (nSPS) is 12.9. The van der Waals surface area contributed by atoms with E-state index in [2.05, 4.69) is 15.0 Å². The van der Waals surface area contributed by atoms with E-state index in [0.29, 0.717) is 11.2 Å². The second kappa shape index (κ2) is 6.76. The van der Waals surface area contributed by atoms with Crippen LogP contribution >= 0.6 is 0 Å². The van der Waals surface area contributed by atoms with Crippen LogP contribution in [0.5, 0.6) is 0 Å². The SMILES string of the molecule is CCS(=O)(=O)c1c(-c2nc3cc(C(F)(F)F)c4ncccc4c3n2C)nc2ccccn12. The number of hydrogen-bond acceptors (Lipinski definition) is 5. The fraction of sp³-hybridized carbons (Fsp3) is 0.190. The summed E-state index contributed by atoms with van der Waals surface area (Å²) in [4.78, 5) is 12.8. The standard InChI is InChI=1S/C21H16F3N5O2S/c1-3-32(30,31)20-17(27-15-8-4-5-10-29(15)20)19-26-14-11-13(21(22,23)24)16-12(7-6-9-25-16)18(14)28(19)2/h4-11H,3H2,1-2H3. The van der Waals surface area contributed by atoms with Crippen molar-refractivity contribution in [2.45, 2.75) is 18.1 Å². The maximum Gasteiger partial charge on any atom is 0.418 e. The maximum absolute atomic E-state index is 13.7. The quantitative estimate of drug-likeness (QED) is 0.403. The molecule has 1 aromatic carbocycles. The summed E-state index contributed by atoms with van der Waals surface area (Å²) in [7, 11) is -2.11. The summed E-state index contributed by atoms with van der Waals surface area (Å²) in [6.45, 7) is 1.52. The average Bonchev–Trinajstić information content (AvgIpc) is 3.30. The van der Waals surface area contributed by atoms with Crippen LogP contribution in [0.25, 0.3) is 39.1 Å². The van der Waals surface area contributed by atoms with Crippen molar-refractivity contribution in [3.63, 3.8) is 0 Å². The molecule has 4 heterocycles. The van der Waals surface area contributed by atoms with Crippen LogP contribution in [0, 0.1) is 0 Å². The van der Waals surface area contributed by atoms with Crippen molar-refractivity contribution in [3.8, 4) is 11.5 Å². The summed E-state index contributed by atoms with van der Waals surface area (Å²) in [6.07, 6.45) is -1.74. The number of alkyl halides is 3. The average molecular weight is 459 g/mol. The molecule has 0 N–H and O–H groups in total. The predicted octanol–water partition coefficient (Wildman–Crippen LogP) is 4.25. The summed E-state index contributed by atoms with van der Waals surface area (Å²) in [6, 6.07) is 9.08. The zero-order valence-electron chi connectivity index (χ0n) is 16.9. The number of sulfone groups is 1. The van der Waals surface area contributed by atoms with Crippen molar-refractivity contribution in [1.29, 1.82) is 0 Å². The van der Waals surface area contributed by atoms with E-state index in [9.17, 15) is 21.6 Å². The Labute approximate surface area is 180 Å². The van der Waals surface area contributed by atoms with Crippen molar-refractivity contribution in [3.05, 3.63) is 54.4 Å². The molecule has 164 valence electrons. The highest BCUT2D eigenvalue weighted by Crippen LogP contribution is 2.39. The third kappa shape index (κ3) is 2.88. The third-order valence-electron chi connectivity index (χ3n) is 5.40. The van der Waals surface area contributed by atoms with Gasteiger partial charge in [0.25, 0.3) is 0 Å². The molecule has 0 aliphatic carbocycles. The zero-order valence-corrected chi connectivity index (χ0v) is 17.7. The van der Waals surface area contributed by atoms with Gasteiger partial charge in [-0.05, 0) is 30.3 Å². The van der Waals surface area contributed by atoms with Crippen molar-refractivity contribution < 1.29 is 21.6 Å². The van der Waals surface area contributed by atoms with Crippen molar-refractivity contribution in [1.82, 2.24) is 23.9 Å². The minimum atomic E-state index is -4.63. The van der Waals surface area contributed by atoms with E-state index in [1.807, 2.05) is 0 Å². The number of rotatable bonds is 3. The van der Waals surface area contributed by atoms with Crippen LogP contribution < -0.4 is 0 Å². The Balaban J connectivity index is 1.92. The molecule has 0 radical (unpaired) electrons. The van der Waals surface area contributed by atoms with Crippen LogP contribution in [-0.4, -0.2) is 38.1 Å². The van der Waals surface area contributed by atoms with Crippen LogP contribution in [-0.2, 0) is 23.1 Å². The van der Waals surface area contributed by atoms with Crippen LogP contribution in [0.3, 0.4) is 0 Å². The van der Waals surface area contributed by atoms with Gasteiger partial charge in [-0.2, -0.15) is 13.2 Å². The zero-order chi connectivity index (χ0) is 22.8. The monoisotopic (exact) mass is 459 g/mol. The molecule has 0 saturated carbocycles. The number of benzene rings is 1. The number of nitrogens with zero attached hydrogens (tertiary/aromatic N) is 5. The summed E-state index contributed by atoms with van der Waals surface area (Å²) in [5.41, 5.74) is -0.133. The Morgan fingerprint density at radius 1 is 1.09 bits per heavy atom. The van der Waals surface area contributed by atoms with Gasteiger partial charge in [0.1, 0.15) is 11.3 Å². The molecule has 0 spiro atoms. The van der Waals surface area contributed by atoms with E-state index in [1.165, 1.54) is 17.5 Å². The van der Waals surface area contributed by atoms with Crippen LogP contribution in [0.2, 0.25) is 0 Å². The maximum atomic E-state index is 13.7. The van der Waals surface area contributed by atoms with E-state index in [4.69, 9.17) is 0 Å². The van der Waals surface area contributed by atoms with Gasteiger partial charge in [0, 0.05) is 24.8 Å². The topological polar surface area (TPSA) is 82.1 Å². The lowest BCUT2D eigenvalue weighted by Crippen LogP contribution is -2.09. The summed E-state index contributed by atoms with van der Waals surface area (Å²) in [5.74, 6) is -0.0160. The number of hydrogen-bond donors (Lipinski definition) is 0. The van der Waals surface area contributed by atoms with E-state index in [1.54, 1.807) is 48.1 Å². The Bertz CT molecular complexity index is 1630. The number of imidazole rings is 2. The van der Waals surface area contributed by atoms with E-state index in [-0.39, 0.29) is 38.7 Å². The first-order valence-electron chi connectivity index (χ1n) is 9.65. The molecular weight excluding hydrogens is 443 g/mol. The molecule has 0 atom stereocenters. The van der Waals surface area contributed by atoms with Crippen molar-refractivity contribution in [2.75, 3.05) is 5.75 Å². The van der Waals surface area contributed by atoms with Crippen LogP contribution in [0.4, 0.5) is 13.2 Å². The Kier molecular flexibility index (Phi) is 4.32. The third-order valence-corrected chi connectivity index (χ3v) is 7.14. The minimum absolute atomic E-state index is 0.0486. The first-order valence-corrected chi connectivity index (χ1v) is 11.3. The smallest absolute Gasteiger partial charge is 0.325 e. The van der Waals surface area contributed by atoms with Gasteiger partial charge in [-0.1, -0.05) is 13.0 Å². The van der Waals surface area contributed by atoms with Gasteiger partial charge in [0.05, 0.1) is 27.9 Å². The Hall–Kier alpha value is -3.47. The molecule has 0 bridgehead atoms. The molecular formula is C21H16F3N5O2S. The van der Waals surface area contributed by atoms with Gasteiger partial charge in [0.2, 0.25) is 0 Å². The summed E-state index contributed by atoms with van der Waals surface area (Å²) >= 11 is 0. The lowest BCUT2D eigenvalue weighted by atomic mass is 10.1.